The zero-order chi connectivity index (χ0) is 18.2. The maximum atomic E-state index is 10.3. The van der Waals surface area contributed by atoms with Crippen molar-refractivity contribution in [1.29, 1.82) is 0 Å². The highest BCUT2D eigenvalue weighted by Gasteiger charge is 2.22. The summed E-state index contributed by atoms with van der Waals surface area (Å²) in [6.07, 6.45) is 27.7. The molecule has 3 heteroatoms. The molecule has 0 amide bonds. The van der Waals surface area contributed by atoms with Crippen LogP contribution in [-0.2, 0) is 9.53 Å². The van der Waals surface area contributed by atoms with Gasteiger partial charge in [-0.1, -0.05) is 88.7 Å². The number of aliphatic carboxylic acids is 1. The maximum Gasteiger partial charge on any atom is 0.328 e. The molecule has 0 radical (unpaired) electrons. The average molecular weight is 344 g/mol. The summed E-state index contributed by atoms with van der Waals surface area (Å²) in [5, 5.41) is 8.47. The van der Waals surface area contributed by atoms with Gasteiger partial charge in [0.15, 0.2) is 11.5 Å². The third-order valence-corrected chi connectivity index (χ3v) is 3.99. The summed E-state index contributed by atoms with van der Waals surface area (Å²) in [7, 11) is 0. The Morgan fingerprint density at radius 2 is 1.44 bits per heavy atom. The van der Waals surface area contributed by atoms with Crippen LogP contribution in [-0.4, -0.2) is 11.1 Å². The summed E-state index contributed by atoms with van der Waals surface area (Å²) in [6.45, 7) is 2.26. The van der Waals surface area contributed by atoms with Gasteiger partial charge < -0.3 is 9.84 Å². The van der Waals surface area contributed by atoms with E-state index >= 15 is 0 Å². The fourth-order valence-corrected chi connectivity index (χ4v) is 2.50. The molecular weight excluding hydrogens is 312 g/mol. The Balaban J connectivity index is 1.97. The van der Waals surface area contributed by atoms with Crippen LogP contribution in [0.15, 0.2) is 60.1 Å². The Morgan fingerprint density at radius 3 is 2.08 bits per heavy atom. The molecule has 0 aromatic carbocycles. The number of hydrogen-bond donors (Lipinski definition) is 1. The molecule has 25 heavy (non-hydrogen) atoms. The molecule has 0 spiro atoms. The highest BCUT2D eigenvalue weighted by atomic mass is 16.6. The van der Waals surface area contributed by atoms with Crippen molar-refractivity contribution in [2.24, 2.45) is 0 Å². The number of unbranched alkanes of at least 4 members (excludes halogenated alkanes) is 9. The van der Waals surface area contributed by atoms with Gasteiger partial charge in [-0.05, 0) is 25.0 Å². The van der Waals surface area contributed by atoms with Crippen molar-refractivity contribution in [3.8, 4) is 0 Å². The molecular formula is C22H32O3. The van der Waals surface area contributed by atoms with Gasteiger partial charge in [0.25, 0.3) is 0 Å². The van der Waals surface area contributed by atoms with E-state index in [9.17, 15) is 4.79 Å². The van der Waals surface area contributed by atoms with Crippen molar-refractivity contribution in [3.05, 3.63) is 60.1 Å². The molecule has 0 aliphatic carbocycles. The van der Waals surface area contributed by atoms with Gasteiger partial charge in [-0.3, -0.25) is 0 Å². The van der Waals surface area contributed by atoms with Crippen molar-refractivity contribution in [1.82, 2.24) is 0 Å². The molecule has 138 valence electrons. The van der Waals surface area contributed by atoms with Crippen molar-refractivity contribution >= 4 is 5.97 Å². The molecule has 0 saturated carbocycles. The van der Waals surface area contributed by atoms with Gasteiger partial charge in [-0.25, -0.2) is 4.79 Å². The molecule has 1 fully saturated rings. The largest absolute Gasteiger partial charge is 0.478 e. The lowest BCUT2D eigenvalue weighted by Crippen LogP contribution is -1.84. The van der Waals surface area contributed by atoms with Crippen LogP contribution in [0.1, 0.15) is 71.1 Å². The van der Waals surface area contributed by atoms with Gasteiger partial charge >= 0.3 is 5.97 Å². The van der Waals surface area contributed by atoms with E-state index in [0.29, 0.717) is 0 Å². The number of carbonyl (C=O) groups is 1. The molecule has 0 aromatic rings. The quantitative estimate of drug-likeness (QED) is 0.170. The van der Waals surface area contributed by atoms with Crippen molar-refractivity contribution < 1.29 is 14.6 Å². The van der Waals surface area contributed by atoms with Gasteiger partial charge in [0.2, 0.25) is 0 Å². The number of hydrogen-bond acceptors (Lipinski definition) is 2. The van der Waals surface area contributed by atoms with E-state index in [1.165, 1.54) is 63.9 Å². The lowest BCUT2D eigenvalue weighted by atomic mass is 10.1. The number of carboxylic acid groups (broad SMARTS) is 1. The summed E-state index contributed by atoms with van der Waals surface area (Å²) < 4.78 is 5.21. The van der Waals surface area contributed by atoms with Crippen LogP contribution < -0.4 is 0 Å². The van der Waals surface area contributed by atoms with Gasteiger partial charge in [0.05, 0.1) is 0 Å². The number of ether oxygens (including phenoxy) is 1. The van der Waals surface area contributed by atoms with Crippen molar-refractivity contribution in [2.45, 2.75) is 71.1 Å². The Hall–Kier alpha value is -2.03. The second-order valence-corrected chi connectivity index (χ2v) is 6.29. The van der Waals surface area contributed by atoms with E-state index in [1.807, 2.05) is 18.2 Å². The molecule has 1 aliphatic rings. The number of rotatable bonds is 14. The Labute approximate surface area is 152 Å². The molecule has 1 heterocycles. The van der Waals surface area contributed by atoms with E-state index in [0.717, 1.165) is 24.0 Å². The molecule has 0 aromatic heterocycles. The number of carboxylic acids is 1. The fraction of sp³-hybridized carbons (Fsp3) is 0.500. The van der Waals surface area contributed by atoms with Gasteiger partial charge in [-0.2, -0.15) is 0 Å². The number of allylic oxidation sites excluding steroid dienone is 7. The van der Waals surface area contributed by atoms with Gasteiger partial charge in [0.1, 0.15) is 0 Å². The Morgan fingerprint density at radius 1 is 0.840 bits per heavy atom. The smallest absolute Gasteiger partial charge is 0.328 e. The van der Waals surface area contributed by atoms with Crippen LogP contribution >= 0.6 is 0 Å². The first-order valence-electron chi connectivity index (χ1n) is 9.57. The molecule has 0 unspecified atom stereocenters. The highest BCUT2D eigenvalue weighted by molar-refractivity contribution is 5.80. The minimum Gasteiger partial charge on any atom is -0.478 e. The third-order valence-electron chi connectivity index (χ3n) is 3.99. The standard InChI is InChI=1S/C22H32O3/c1-2-3-4-5-6-7-8-9-10-11-12-13-14-15-17-20-21(25-20)18-16-19-22(23)24/h12-19H,2-11H2,1H3,(H,23,24). The molecule has 1 N–H and O–H groups in total. The normalized spacial score (nSPS) is 17.3. The Bertz CT molecular complexity index is 521. The topological polar surface area (TPSA) is 49.8 Å². The molecule has 1 saturated heterocycles. The molecule has 1 aliphatic heterocycles. The molecule has 0 atom stereocenters. The zero-order valence-electron chi connectivity index (χ0n) is 15.5. The van der Waals surface area contributed by atoms with Crippen molar-refractivity contribution in [3.63, 3.8) is 0 Å². The lowest BCUT2D eigenvalue weighted by molar-refractivity contribution is -0.131. The van der Waals surface area contributed by atoms with E-state index < -0.39 is 5.97 Å². The first kappa shape index (κ1) is 21.0. The maximum absolute atomic E-state index is 10.3. The molecule has 0 bridgehead atoms. The van der Waals surface area contributed by atoms with Crippen LogP contribution in [0, 0.1) is 0 Å². The fourth-order valence-electron chi connectivity index (χ4n) is 2.50. The summed E-state index contributed by atoms with van der Waals surface area (Å²) in [5.41, 5.74) is 0. The highest BCUT2D eigenvalue weighted by Crippen LogP contribution is 2.31. The van der Waals surface area contributed by atoms with Crippen LogP contribution in [0.4, 0.5) is 0 Å². The predicted octanol–water partition coefficient (Wildman–Crippen LogP) is 6.46. The monoisotopic (exact) mass is 344 g/mol. The van der Waals surface area contributed by atoms with Gasteiger partial charge in [0, 0.05) is 6.08 Å². The Kier molecular flexibility index (Phi) is 12.0. The van der Waals surface area contributed by atoms with Crippen molar-refractivity contribution in [2.75, 3.05) is 0 Å². The summed E-state index contributed by atoms with van der Waals surface area (Å²) in [4.78, 5) is 10.3. The van der Waals surface area contributed by atoms with Crippen LogP contribution in [0.25, 0.3) is 0 Å². The first-order valence-corrected chi connectivity index (χ1v) is 9.57. The van der Waals surface area contributed by atoms with Gasteiger partial charge in [-0.15, -0.1) is 0 Å². The molecule has 3 nitrogen and oxygen atoms in total. The first-order chi connectivity index (χ1) is 12.2. The zero-order valence-corrected chi connectivity index (χ0v) is 15.5. The van der Waals surface area contributed by atoms with E-state index in [-0.39, 0.29) is 0 Å². The molecule has 1 rings (SSSR count). The third kappa shape index (κ3) is 13.0. The summed E-state index contributed by atoms with van der Waals surface area (Å²) >= 11 is 0. The van der Waals surface area contributed by atoms with E-state index in [2.05, 4.69) is 19.1 Å². The van der Waals surface area contributed by atoms with Crippen LogP contribution in [0.2, 0.25) is 0 Å². The lowest BCUT2D eigenvalue weighted by Gasteiger charge is -2.00. The van der Waals surface area contributed by atoms with E-state index in [4.69, 9.17) is 9.84 Å². The SMILES string of the molecule is CCCCCCCCCCCC=CC=CC=C1OC1=CC=CC(=O)O. The minimum atomic E-state index is -0.958. The summed E-state index contributed by atoms with van der Waals surface area (Å²) in [5.74, 6) is 0.555. The number of epoxide rings is 1. The second kappa shape index (κ2) is 14.3. The van der Waals surface area contributed by atoms with Crippen LogP contribution in [0.5, 0.6) is 0 Å². The summed E-state index contributed by atoms with van der Waals surface area (Å²) in [6, 6.07) is 0. The second-order valence-electron chi connectivity index (χ2n) is 6.29. The predicted molar refractivity (Wildman–Crippen MR) is 104 cm³/mol. The van der Waals surface area contributed by atoms with E-state index in [1.54, 1.807) is 6.08 Å². The van der Waals surface area contributed by atoms with Crippen LogP contribution in [0.3, 0.4) is 0 Å². The minimum absolute atomic E-state index is 0.723. The average Bonchev–Trinajstić information content (AvgIpc) is 3.33.